The maximum Gasteiger partial charge on any atom is 0.248 e. The van der Waals surface area contributed by atoms with Crippen LogP contribution in [0.1, 0.15) is 23.5 Å². The highest BCUT2D eigenvalue weighted by atomic mass is 32.1. The van der Waals surface area contributed by atoms with Gasteiger partial charge in [0, 0.05) is 51.8 Å². The summed E-state index contributed by atoms with van der Waals surface area (Å²) in [6.07, 6.45) is 1.06. The molecule has 0 bridgehead atoms. The molecule has 1 amide bonds. The maximum absolute atomic E-state index is 11.9. The van der Waals surface area contributed by atoms with E-state index in [2.05, 4.69) is 16.8 Å². The van der Waals surface area contributed by atoms with E-state index in [4.69, 9.17) is 9.72 Å². The molecule has 2 fully saturated rings. The second-order valence-electron chi connectivity index (χ2n) is 7.05. The van der Waals surface area contributed by atoms with Gasteiger partial charge < -0.3 is 19.6 Å². The van der Waals surface area contributed by atoms with Crippen LogP contribution in [0.5, 0.6) is 0 Å². The van der Waals surface area contributed by atoms with Crippen molar-refractivity contribution in [2.75, 3.05) is 60.0 Å². The number of likely N-dealkylation sites (N-methyl/N-ethyl adjacent to an activating group) is 1. The van der Waals surface area contributed by atoms with Crippen LogP contribution in [0.15, 0.2) is 5.38 Å². The average molecular weight is 369 g/mol. The standard InChI is InChI=1S/C17H28N4O3S/c1-19-7-9-20(10-8-19)11-15-18-14(13-25-15)17(23)3-5-21(6-4-17)16(22)12-24-2/h13,23H,3-12H2,1-2H3. The molecule has 2 aliphatic rings. The normalized spacial score (nSPS) is 22.3. The molecule has 0 aliphatic carbocycles. The van der Waals surface area contributed by atoms with Gasteiger partial charge in [0.05, 0.1) is 12.2 Å². The Morgan fingerprint density at radius 2 is 1.96 bits per heavy atom. The van der Waals surface area contributed by atoms with Gasteiger partial charge in [-0.05, 0) is 19.9 Å². The van der Waals surface area contributed by atoms with Crippen LogP contribution < -0.4 is 0 Å². The molecule has 0 aromatic carbocycles. The fraction of sp³-hybridized carbons (Fsp3) is 0.765. The summed E-state index contributed by atoms with van der Waals surface area (Å²) >= 11 is 1.62. The monoisotopic (exact) mass is 368 g/mol. The molecule has 3 heterocycles. The van der Waals surface area contributed by atoms with Crippen molar-refractivity contribution in [3.05, 3.63) is 16.1 Å². The fourth-order valence-corrected chi connectivity index (χ4v) is 4.32. The molecule has 3 rings (SSSR count). The number of amides is 1. The Morgan fingerprint density at radius 3 is 2.60 bits per heavy atom. The number of piperazine rings is 1. The van der Waals surface area contributed by atoms with Gasteiger partial charge in [0.25, 0.3) is 0 Å². The Kier molecular flexibility index (Phi) is 6.06. The van der Waals surface area contributed by atoms with Crippen molar-refractivity contribution in [3.8, 4) is 0 Å². The number of hydrogen-bond acceptors (Lipinski definition) is 7. The van der Waals surface area contributed by atoms with Crippen LogP contribution in [0.3, 0.4) is 0 Å². The Hall–Kier alpha value is -1.06. The summed E-state index contributed by atoms with van der Waals surface area (Å²) in [5, 5.41) is 14.0. The highest BCUT2D eigenvalue weighted by Gasteiger charge is 2.37. The lowest BCUT2D eigenvalue weighted by Gasteiger charge is -2.37. The SMILES string of the molecule is COCC(=O)N1CCC(O)(c2csc(CN3CCN(C)CC3)n2)CC1. The molecule has 1 N–H and O–H groups in total. The predicted molar refractivity (Wildman–Crippen MR) is 96.5 cm³/mol. The van der Waals surface area contributed by atoms with Crippen LogP contribution in [0.25, 0.3) is 0 Å². The molecule has 8 heteroatoms. The first-order chi connectivity index (χ1) is 12.0. The number of likely N-dealkylation sites (tertiary alicyclic amines) is 1. The Bertz CT molecular complexity index is 578. The number of methoxy groups -OCH3 is 1. The van der Waals surface area contributed by atoms with E-state index in [1.807, 2.05) is 5.38 Å². The summed E-state index contributed by atoms with van der Waals surface area (Å²) in [4.78, 5) is 23.1. The third kappa shape index (κ3) is 4.57. The van der Waals surface area contributed by atoms with Crippen molar-refractivity contribution in [1.29, 1.82) is 0 Å². The first-order valence-corrected chi connectivity index (χ1v) is 9.73. The lowest BCUT2D eigenvalue weighted by Crippen LogP contribution is -2.46. The summed E-state index contributed by atoms with van der Waals surface area (Å²) in [7, 11) is 3.67. The largest absolute Gasteiger partial charge is 0.383 e. The van der Waals surface area contributed by atoms with Crippen LogP contribution in [-0.4, -0.2) is 90.7 Å². The van der Waals surface area contributed by atoms with Crippen LogP contribution in [0.2, 0.25) is 0 Å². The Labute approximate surface area is 153 Å². The lowest BCUT2D eigenvalue weighted by molar-refractivity contribution is -0.139. The summed E-state index contributed by atoms with van der Waals surface area (Å²) < 4.78 is 4.90. The molecule has 2 aliphatic heterocycles. The van der Waals surface area contributed by atoms with Crippen LogP contribution in [0.4, 0.5) is 0 Å². The molecule has 2 saturated heterocycles. The summed E-state index contributed by atoms with van der Waals surface area (Å²) in [5.41, 5.74) is -0.152. The number of piperidine rings is 1. The van der Waals surface area contributed by atoms with Gasteiger partial charge in [-0.3, -0.25) is 9.69 Å². The molecule has 140 valence electrons. The van der Waals surface area contributed by atoms with Gasteiger partial charge in [0.2, 0.25) is 5.91 Å². The zero-order valence-electron chi connectivity index (χ0n) is 15.1. The number of carbonyl (C=O) groups excluding carboxylic acids is 1. The zero-order valence-corrected chi connectivity index (χ0v) is 15.9. The van der Waals surface area contributed by atoms with Crippen LogP contribution in [-0.2, 0) is 21.7 Å². The van der Waals surface area contributed by atoms with Crippen molar-refractivity contribution in [1.82, 2.24) is 19.7 Å². The third-order valence-corrected chi connectivity index (χ3v) is 6.03. The van der Waals surface area contributed by atoms with E-state index in [1.165, 1.54) is 7.11 Å². The Morgan fingerprint density at radius 1 is 1.28 bits per heavy atom. The van der Waals surface area contributed by atoms with Crippen molar-refractivity contribution in [2.24, 2.45) is 0 Å². The summed E-state index contributed by atoms with van der Waals surface area (Å²) in [6, 6.07) is 0. The number of ether oxygens (including phenoxy) is 1. The molecule has 1 aromatic rings. The van der Waals surface area contributed by atoms with Gasteiger partial charge in [-0.15, -0.1) is 11.3 Å². The van der Waals surface area contributed by atoms with Gasteiger partial charge in [0.1, 0.15) is 17.2 Å². The van der Waals surface area contributed by atoms with E-state index < -0.39 is 5.60 Å². The molecular formula is C17H28N4O3S. The molecule has 25 heavy (non-hydrogen) atoms. The topological polar surface area (TPSA) is 69.1 Å². The van der Waals surface area contributed by atoms with Gasteiger partial charge in [0.15, 0.2) is 0 Å². The van der Waals surface area contributed by atoms with Crippen molar-refractivity contribution >= 4 is 17.2 Å². The van der Waals surface area contributed by atoms with Gasteiger partial charge >= 0.3 is 0 Å². The van der Waals surface area contributed by atoms with Gasteiger partial charge in [-0.1, -0.05) is 0 Å². The second kappa shape index (κ2) is 8.09. The lowest BCUT2D eigenvalue weighted by atomic mass is 9.89. The molecule has 0 saturated carbocycles. The van der Waals surface area contributed by atoms with Crippen molar-refractivity contribution < 1.29 is 14.6 Å². The van der Waals surface area contributed by atoms with Crippen LogP contribution >= 0.6 is 11.3 Å². The number of carbonyl (C=O) groups is 1. The van der Waals surface area contributed by atoms with Gasteiger partial charge in [-0.2, -0.15) is 0 Å². The van der Waals surface area contributed by atoms with E-state index in [9.17, 15) is 9.90 Å². The highest BCUT2D eigenvalue weighted by molar-refractivity contribution is 7.09. The van der Waals surface area contributed by atoms with E-state index in [0.29, 0.717) is 25.9 Å². The molecule has 0 unspecified atom stereocenters. The first kappa shape index (κ1) is 18.7. The van der Waals surface area contributed by atoms with Crippen molar-refractivity contribution in [2.45, 2.75) is 25.0 Å². The predicted octanol–water partition coefficient (Wildman–Crippen LogP) is 0.347. The fourth-order valence-electron chi connectivity index (χ4n) is 3.39. The maximum atomic E-state index is 11.9. The van der Waals surface area contributed by atoms with E-state index in [0.717, 1.165) is 43.4 Å². The first-order valence-electron chi connectivity index (χ1n) is 8.85. The zero-order chi connectivity index (χ0) is 17.9. The minimum Gasteiger partial charge on any atom is -0.383 e. The second-order valence-corrected chi connectivity index (χ2v) is 7.99. The highest BCUT2D eigenvalue weighted by Crippen LogP contribution is 2.33. The number of aromatic nitrogens is 1. The summed E-state index contributed by atoms with van der Waals surface area (Å²) in [5.74, 6) is -0.0152. The molecule has 7 nitrogen and oxygen atoms in total. The van der Waals surface area contributed by atoms with Crippen LogP contribution in [0, 0.1) is 0 Å². The molecule has 0 radical (unpaired) electrons. The molecule has 0 atom stereocenters. The van der Waals surface area contributed by atoms with Gasteiger partial charge in [-0.25, -0.2) is 4.98 Å². The minimum absolute atomic E-state index is 0.0152. The number of rotatable bonds is 5. The number of nitrogens with zero attached hydrogens (tertiary/aromatic N) is 4. The average Bonchev–Trinajstić information content (AvgIpc) is 3.07. The molecular weight excluding hydrogens is 340 g/mol. The quantitative estimate of drug-likeness (QED) is 0.809. The number of thiazole rings is 1. The third-order valence-electron chi connectivity index (χ3n) is 5.19. The van der Waals surface area contributed by atoms with E-state index in [-0.39, 0.29) is 12.5 Å². The van der Waals surface area contributed by atoms with Crippen molar-refractivity contribution in [3.63, 3.8) is 0 Å². The number of hydrogen-bond donors (Lipinski definition) is 1. The Balaban J connectivity index is 1.56. The number of aliphatic hydroxyl groups is 1. The smallest absolute Gasteiger partial charge is 0.248 e. The molecule has 1 aromatic heterocycles. The summed E-state index contributed by atoms with van der Waals surface area (Å²) in [6.45, 7) is 6.35. The van der Waals surface area contributed by atoms with E-state index in [1.54, 1.807) is 16.2 Å². The van der Waals surface area contributed by atoms with E-state index >= 15 is 0 Å². The minimum atomic E-state index is -0.916. The molecule has 0 spiro atoms.